The van der Waals surface area contributed by atoms with Crippen molar-refractivity contribution >= 4 is 27.6 Å². The van der Waals surface area contributed by atoms with Crippen molar-refractivity contribution in [3.8, 4) is 0 Å². The van der Waals surface area contributed by atoms with Crippen LogP contribution in [0.25, 0.3) is 16.8 Å². The molecule has 0 aliphatic heterocycles. The Morgan fingerprint density at radius 2 is 1.38 bits per heavy atom. The van der Waals surface area contributed by atoms with E-state index >= 15 is 0 Å². The molecular weight excluding hydrogens is 376 g/mol. The molecule has 0 aliphatic carbocycles. The van der Waals surface area contributed by atoms with Crippen molar-refractivity contribution in [2.45, 2.75) is 10.5 Å². The fourth-order valence-corrected chi connectivity index (χ4v) is 4.65. The van der Waals surface area contributed by atoms with Crippen LogP contribution in [-0.4, -0.2) is 15.1 Å². The zero-order valence-corrected chi connectivity index (χ0v) is 16.8. The van der Waals surface area contributed by atoms with Crippen LogP contribution in [0.3, 0.4) is 0 Å². The van der Waals surface area contributed by atoms with Crippen molar-refractivity contribution < 1.29 is 9.32 Å². The zero-order valence-electron chi connectivity index (χ0n) is 15.9. The van der Waals surface area contributed by atoms with E-state index in [0.717, 1.165) is 21.9 Å². The highest BCUT2D eigenvalue weighted by Gasteiger charge is 2.29. The SMILES string of the molecule is O=S(CC(O)(C=Cc1ccccc1)c1ccccc1)c1ccc2ccccc2c1. The van der Waals surface area contributed by atoms with E-state index in [-0.39, 0.29) is 5.75 Å². The van der Waals surface area contributed by atoms with Crippen molar-refractivity contribution in [2.24, 2.45) is 0 Å². The van der Waals surface area contributed by atoms with E-state index < -0.39 is 16.4 Å². The van der Waals surface area contributed by atoms with Gasteiger partial charge in [0, 0.05) is 4.90 Å². The van der Waals surface area contributed by atoms with Crippen LogP contribution >= 0.6 is 0 Å². The number of fused-ring (bicyclic) bond motifs is 1. The molecule has 4 aromatic rings. The monoisotopic (exact) mass is 398 g/mol. The van der Waals surface area contributed by atoms with Gasteiger partial charge in [-0.25, -0.2) is 0 Å². The summed E-state index contributed by atoms with van der Waals surface area (Å²) in [5.74, 6) is 0.0820. The molecule has 0 amide bonds. The van der Waals surface area contributed by atoms with E-state index in [0.29, 0.717) is 4.90 Å². The third-order valence-corrected chi connectivity index (χ3v) is 6.44. The normalized spacial score (nSPS) is 14.7. The van der Waals surface area contributed by atoms with Crippen LogP contribution in [0.5, 0.6) is 0 Å². The lowest BCUT2D eigenvalue weighted by atomic mass is 9.94. The summed E-state index contributed by atoms with van der Waals surface area (Å²) in [5, 5.41) is 13.7. The lowest BCUT2D eigenvalue weighted by Gasteiger charge is -2.25. The van der Waals surface area contributed by atoms with Crippen LogP contribution in [0.1, 0.15) is 11.1 Å². The molecule has 1 N–H and O–H groups in total. The Morgan fingerprint density at radius 1 is 0.759 bits per heavy atom. The molecule has 0 fully saturated rings. The van der Waals surface area contributed by atoms with Crippen LogP contribution in [0, 0.1) is 0 Å². The van der Waals surface area contributed by atoms with Gasteiger partial charge in [-0.1, -0.05) is 97.1 Å². The molecule has 29 heavy (non-hydrogen) atoms. The average Bonchev–Trinajstić information content (AvgIpc) is 2.78. The van der Waals surface area contributed by atoms with E-state index in [1.807, 2.05) is 109 Å². The Labute approximate surface area is 173 Å². The summed E-state index contributed by atoms with van der Waals surface area (Å²) in [5.41, 5.74) is 0.368. The van der Waals surface area contributed by atoms with Crippen molar-refractivity contribution in [1.29, 1.82) is 0 Å². The Hall–Kier alpha value is -3.01. The van der Waals surface area contributed by atoms with Crippen molar-refractivity contribution in [3.63, 3.8) is 0 Å². The summed E-state index contributed by atoms with van der Waals surface area (Å²) >= 11 is 0. The minimum Gasteiger partial charge on any atom is -0.380 e. The molecule has 0 radical (unpaired) electrons. The number of hydrogen-bond acceptors (Lipinski definition) is 2. The first kappa shape index (κ1) is 19.3. The highest BCUT2D eigenvalue weighted by molar-refractivity contribution is 7.85. The van der Waals surface area contributed by atoms with E-state index in [9.17, 15) is 9.32 Å². The molecule has 0 saturated heterocycles. The van der Waals surface area contributed by atoms with Crippen LogP contribution in [0.15, 0.2) is 114 Å². The second-order valence-electron chi connectivity index (χ2n) is 7.03. The molecule has 0 bridgehead atoms. The number of benzene rings is 4. The van der Waals surface area contributed by atoms with Gasteiger partial charge in [0.1, 0.15) is 5.60 Å². The van der Waals surface area contributed by atoms with Gasteiger partial charge in [0.25, 0.3) is 0 Å². The first-order valence-electron chi connectivity index (χ1n) is 9.53. The molecule has 0 spiro atoms. The molecular formula is C26H22O2S. The number of aliphatic hydroxyl groups is 1. The van der Waals surface area contributed by atoms with Crippen LogP contribution < -0.4 is 0 Å². The predicted octanol–water partition coefficient (Wildman–Crippen LogP) is 5.55. The van der Waals surface area contributed by atoms with Gasteiger partial charge < -0.3 is 5.11 Å². The average molecular weight is 399 g/mol. The molecule has 2 unspecified atom stereocenters. The van der Waals surface area contributed by atoms with Crippen molar-refractivity contribution in [2.75, 3.05) is 5.75 Å². The van der Waals surface area contributed by atoms with Crippen LogP contribution in [-0.2, 0) is 16.4 Å². The maximum absolute atomic E-state index is 13.2. The summed E-state index contributed by atoms with van der Waals surface area (Å²) < 4.78 is 13.2. The first-order valence-corrected chi connectivity index (χ1v) is 10.9. The molecule has 2 atom stereocenters. The standard InChI is InChI=1S/C26H22O2S/c27-26(24-13-5-2-6-14-24,18-17-21-9-3-1-4-10-21)20-29(28)25-16-15-22-11-7-8-12-23(22)19-25/h1-19,27H,20H2. The van der Waals surface area contributed by atoms with Crippen molar-refractivity contribution in [3.05, 3.63) is 120 Å². The minimum atomic E-state index is -1.37. The number of hydrogen-bond donors (Lipinski definition) is 1. The fourth-order valence-electron chi connectivity index (χ4n) is 3.34. The topological polar surface area (TPSA) is 37.3 Å². The predicted molar refractivity (Wildman–Crippen MR) is 121 cm³/mol. The van der Waals surface area contributed by atoms with Crippen LogP contribution in [0.4, 0.5) is 0 Å². The van der Waals surface area contributed by atoms with Gasteiger partial charge in [-0.3, -0.25) is 4.21 Å². The molecule has 0 aromatic heterocycles. The summed E-state index contributed by atoms with van der Waals surface area (Å²) in [6.45, 7) is 0. The third kappa shape index (κ3) is 4.53. The molecule has 2 nitrogen and oxygen atoms in total. The summed E-state index contributed by atoms with van der Waals surface area (Å²) in [6.07, 6.45) is 3.63. The molecule has 4 aromatic carbocycles. The van der Waals surface area contributed by atoms with Crippen LogP contribution in [0.2, 0.25) is 0 Å². The Balaban J connectivity index is 1.67. The van der Waals surface area contributed by atoms with E-state index in [1.54, 1.807) is 6.08 Å². The summed E-state index contributed by atoms with van der Waals surface area (Å²) in [7, 11) is -1.37. The van der Waals surface area contributed by atoms with E-state index in [1.165, 1.54) is 0 Å². The second-order valence-corrected chi connectivity index (χ2v) is 8.48. The Bertz CT molecular complexity index is 1150. The van der Waals surface area contributed by atoms with Gasteiger partial charge in [-0.15, -0.1) is 0 Å². The van der Waals surface area contributed by atoms with Gasteiger partial charge >= 0.3 is 0 Å². The van der Waals surface area contributed by atoms with Gasteiger partial charge in [0.05, 0.1) is 16.6 Å². The first-order chi connectivity index (χ1) is 14.1. The van der Waals surface area contributed by atoms with E-state index in [4.69, 9.17) is 0 Å². The zero-order chi connectivity index (χ0) is 20.1. The third-order valence-electron chi connectivity index (χ3n) is 4.96. The van der Waals surface area contributed by atoms with E-state index in [2.05, 4.69) is 0 Å². The minimum absolute atomic E-state index is 0.0820. The molecule has 4 rings (SSSR count). The second kappa shape index (κ2) is 8.56. The molecule has 0 aliphatic rings. The lowest BCUT2D eigenvalue weighted by molar-refractivity contribution is 0.116. The van der Waals surface area contributed by atoms with Gasteiger partial charge in [-0.2, -0.15) is 0 Å². The largest absolute Gasteiger partial charge is 0.380 e. The van der Waals surface area contributed by atoms with Gasteiger partial charge in [-0.05, 0) is 40.1 Å². The highest BCUT2D eigenvalue weighted by atomic mass is 32.2. The lowest BCUT2D eigenvalue weighted by Crippen LogP contribution is -2.30. The maximum atomic E-state index is 13.2. The maximum Gasteiger partial charge on any atom is 0.120 e. The van der Waals surface area contributed by atoms with Gasteiger partial charge in [0.2, 0.25) is 0 Å². The highest BCUT2D eigenvalue weighted by Crippen LogP contribution is 2.28. The molecule has 3 heteroatoms. The molecule has 0 saturated carbocycles. The summed E-state index contributed by atoms with van der Waals surface area (Å²) in [4.78, 5) is 0.714. The Kier molecular flexibility index (Phi) is 5.70. The number of rotatable bonds is 6. The summed E-state index contributed by atoms with van der Waals surface area (Å²) in [6, 6.07) is 33.0. The fraction of sp³-hybridized carbons (Fsp3) is 0.0769. The smallest absolute Gasteiger partial charge is 0.120 e. The van der Waals surface area contributed by atoms with Gasteiger partial charge in [0.15, 0.2) is 0 Å². The Morgan fingerprint density at radius 3 is 2.10 bits per heavy atom. The molecule has 144 valence electrons. The molecule has 0 heterocycles. The quantitative estimate of drug-likeness (QED) is 0.462. The van der Waals surface area contributed by atoms with Crippen molar-refractivity contribution in [1.82, 2.24) is 0 Å².